The topological polar surface area (TPSA) is 95.9 Å². The summed E-state index contributed by atoms with van der Waals surface area (Å²) < 4.78 is 39.3. The van der Waals surface area contributed by atoms with Crippen molar-refractivity contribution in [2.45, 2.75) is 32.0 Å². The molecule has 11 heteroatoms. The summed E-state index contributed by atoms with van der Waals surface area (Å²) in [6, 6.07) is 18.9. The maximum absolute atomic E-state index is 13.3. The molecule has 1 aliphatic rings. The van der Waals surface area contributed by atoms with Gasteiger partial charge in [0.15, 0.2) is 0 Å². The lowest BCUT2D eigenvalue weighted by molar-refractivity contribution is -0.137. The largest absolute Gasteiger partial charge is 0.416 e. The van der Waals surface area contributed by atoms with E-state index in [9.17, 15) is 18.0 Å². The second kappa shape index (κ2) is 11.7. The number of alkyl halides is 3. The molecule has 1 aromatic carbocycles. The first-order valence-electron chi connectivity index (χ1n) is 13.9. The van der Waals surface area contributed by atoms with E-state index in [1.165, 1.54) is 0 Å². The van der Waals surface area contributed by atoms with Crippen molar-refractivity contribution in [2.24, 2.45) is 0 Å². The Morgan fingerprint density at radius 2 is 1.67 bits per heavy atom. The number of halogens is 3. The molecule has 0 atom stereocenters. The van der Waals surface area contributed by atoms with Gasteiger partial charge in [0.2, 0.25) is 0 Å². The van der Waals surface area contributed by atoms with Gasteiger partial charge < -0.3 is 15.5 Å². The summed E-state index contributed by atoms with van der Waals surface area (Å²) in [5.41, 5.74) is 2.96. The third-order valence-corrected chi connectivity index (χ3v) is 7.39. The zero-order chi connectivity index (χ0) is 30.0. The van der Waals surface area contributed by atoms with Crippen LogP contribution in [0.5, 0.6) is 0 Å². The van der Waals surface area contributed by atoms with E-state index in [2.05, 4.69) is 30.6 Å². The van der Waals surface area contributed by atoms with Gasteiger partial charge in [-0.3, -0.25) is 9.78 Å². The lowest BCUT2D eigenvalue weighted by atomic mass is 10.0. The Balaban J connectivity index is 1.08. The highest BCUT2D eigenvalue weighted by atomic mass is 19.4. The van der Waals surface area contributed by atoms with Crippen LogP contribution >= 0.6 is 0 Å². The Morgan fingerprint density at radius 1 is 0.884 bits per heavy atom. The Labute approximate surface area is 246 Å². The van der Waals surface area contributed by atoms with Gasteiger partial charge in [0.05, 0.1) is 22.3 Å². The number of carbonyl (C=O) groups excluding carboxylic acids is 1. The fourth-order valence-corrected chi connectivity index (χ4v) is 5.21. The summed E-state index contributed by atoms with van der Waals surface area (Å²) in [7, 11) is 0. The molecule has 5 aromatic rings. The Bertz CT molecular complexity index is 1760. The van der Waals surface area contributed by atoms with E-state index < -0.39 is 11.7 Å². The molecule has 0 radical (unpaired) electrons. The maximum atomic E-state index is 13.3. The van der Waals surface area contributed by atoms with Gasteiger partial charge in [0.1, 0.15) is 17.5 Å². The fraction of sp³-hybridized carbons (Fsp3) is 0.219. The molecule has 0 saturated carbocycles. The van der Waals surface area contributed by atoms with E-state index in [-0.39, 0.29) is 17.8 Å². The number of amides is 1. The van der Waals surface area contributed by atoms with Crippen molar-refractivity contribution in [2.75, 3.05) is 23.7 Å². The Hall–Kier alpha value is -5.06. The number of hydrogen-bond acceptors (Lipinski definition) is 7. The molecular formula is C32H28F3N7O. The molecule has 0 aliphatic carbocycles. The number of benzene rings is 1. The van der Waals surface area contributed by atoms with Crippen molar-refractivity contribution < 1.29 is 18.0 Å². The molecule has 5 heterocycles. The van der Waals surface area contributed by atoms with Crippen LogP contribution in [-0.4, -0.2) is 49.9 Å². The van der Waals surface area contributed by atoms with E-state index in [1.54, 1.807) is 24.5 Å². The summed E-state index contributed by atoms with van der Waals surface area (Å²) in [5.74, 6) is 1.17. The van der Waals surface area contributed by atoms with Crippen molar-refractivity contribution in [3.63, 3.8) is 0 Å². The van der Waals surface area contributed by atoms with Crippen LogP contribution in [0.1, 0.15) is 34.3 Å². The van der Waals surface area contributed by atoms with Gasteiger partial charge in [-0.1, -0.05) is 18.2 Å². The van der Waals surface area contributed by atoms with Crippen LogP contribution in [0.15, 0.2) is 85.3 Å². The van der Waals surface area contributed by atoms with E-state index in [4.69, 9.17) is 0 Å². The zero-order valence-electron chi connectivity index (χ0n) is 23.3. The van der Waals surface area contributed by atoms with Crippen molar-refractivity contribution >= 4 is 34.3 Å². The van der Waals surface area contributed by atoms with E-state index in [0.29, 0.717) is 36.0 Å². The van der Waals surface area contributed by atoms with E-state index in [0.717, 1.165) is 53.2 Å². The quantitative estimate of drug-likeness (QED) is 0.225. The highest BCUT2D eigenvalue weighted by molar-refractivity contribution is 6.06. The minimum Gasteiger partial charge on any atom is -0.367 e. The van der Waals surface area contributed by atoms with Crippen molar-refractivity contribution in [3.05, 3.63) is 102 Å². The molecule has 2 N–H and O–H groups in total. The number of rotatable bonds is 6. The minimum absolute atomic E-state index is 0.0166. The van der Waals surface area contributed by atoms with Crippen LogP contribution < -0.4 is 10.6 Å². The molecular weight excluding hydrogens is 555 g/mol. The molecule has 6 rings (SSSR count). The number of pyridine rings is 4. The van der Waals surface area contributed by atoms with E-state index in [1.807, 2.05) is 54.3 Å². The first-order valence-corrected chi connectivity index (χ1v) is 13.9. The van der Waals surface area contributed by atoms with E-state index >= 15 is 0 Å². The van der Waals surface area contributed by atoms with Gasteiger partial charge in [0.25, 0.3) is 5.91 Å². The lowest BCUT2D eigenvalue weighted by Gasteiger charge is -2.33. The monoisotopic (exact) mass is 583 g/mol. The molecule has 8 nitrogen and oxygen atoms in total. The third-order valence-electron chi connectivity index (χ3n) is 7.39. The average Bonchev–Trinajstić information content (AvgIpc) is 3.01. The van der Waals surface area contributed by atoms with Crippen LogP contribution in [0.4, 0.5) is 30.6 Å². The smallest absolute Gasteiger partial charge is 0.367 e. The van der Waals surface area contributed by atoms with Crippen LogP contribution in [0.25, 0.3) is 22.2 Å². The number of nitrogens with zero attached hydrogens (tertiary/aromatic N) is 5. The number of piperidine rings is 1. The zero-order valence-corrected chi connectivity index (χ0v) is 23.3. The van der Waals surface area contributed by atoms with Crippen molar-refractivity contribution in [1.29, 1.82) is 0 Å². The standard InChI is InChI=1S/C32H28F3N7O/c1-20-16-27(40-30(17-20)41-29-18-22(8-12-37-29)32(33,34)35)21-6-7-28(38-19-21)39-23-10-14-42(15-11-23)31(43)25-9-13-36-26-5-3-2-4-24(25)26/h2-9,12-13,16-19,23H,10-11,14-15H2,1H3,(H,38,39)(H,37,40,41). The van der Waals surface area contributed by atoms with Gasteiger partial charge in [-0.2, -0.15) is 13.2 Å². The molecule has 1 aliphatic heterocycles. The summed E-state index contributed by atoms with van der Waals surface area (Å²) >= 11 is 0. The second-order valence-corrected chi connectivity index (χ2v) is 10.5. The van der Waals surface area contributed by atoms with Gasteiger partial charge in [-0.05, 0) is 73.9 Å². The second-order valence-electron chi connectivity index (χ2n) is 10.5. The number of fused-ring (bicyclic) bond motifs is 1. The van der Waals surface area contributed by atoms with Crippen molar-refractivity contribution in [3.8, 4) is 11.3 Å². The maximum Gasteiger partial charge on any atom is 0.416 e. The number of carbonyl (C=O) groups is 1. The predicted molar refractivity (Wildman–Crippen MR) is 159 cm³/mol. The molecule has 0 spiro atoms. The van der Waals surface area contributed by atoms with Gasteiger partial charge in [-0.15, -0.1) is 0 Å². The predicted octanol–water partition coefficient (Wildman–Crippen LogP) is 6.87. The number of nitrogens with one attached hydrogen (secondary N) is 2. The number of para-hydroxylation sites is 1. The van der Waals surface area contributed by atoms with Crippen LogP contribution in [0.3, 0.4) is 0 Å². The lowest BCUT2D eigenvalue weighted by Crippen LogP contribution is -2.42. The number of hydrogen-bond donors (Lipinski definition) is 2. The normalized spacial score (nSPS) is 14.1. The van der Waals surface area contributed by atoms with Gasteiger partial charge in [0, 0.05) is 48.7 Å². The van der Waals surface area contributed by atoms with Gasteiger partial charge >= 0.3 is 6.18 Å². The SMILES string of the molecule is Cc1cc(Nc2cc(C(F)(F)F)ccn2)nc(-c2ccc(NC3CCN(C(=O)c4ccnc5ccccc45)CC3)nc2)c1. The Kier molecular flexibility index (Phi) is 7.62. The molecule has 4 aromatic heterocycles. The van der Waals surface area contributed by atoms with Crippen LogP contribution in [0, 0.1) is 6.92 Å². The molecule has 1 saturated heterocycles. The molecule has 0 unspecified atom stereocenters. The number of aryl methyl sites for hydroxylation is 1. The summed E-state index contributed by atoms with van der Waals surface area (Å²) in [6.45, 7) is 3.15. The summed E-state index contributed by atoms with van der Waals surface area (Å²) in [4.78, 5) is 32.6. The molecule has 0 bridgehead atoms. The number of anilines is 3. The molecule has 43 heavy (non-hydrogen) atoms. The number of likely N-dealkylation sites (tertiary alicyclic amines) is 1. The summed E-state index contributed by atoms with van der Waals surface area (Å²) in [5, 5.41) is 7.21. The first kappa shape index (κ1) is 28.1. The van der Waals surface area contributed by atoms with Crippen molar-refractivity contribution in [1.82, 2.24) is 24.8 Å². The van der Waals surface area contributed by atoms with Crippen LogP contribution in [-0.2, 0) is 6.18 Å². The van der Waals surface area contributed by atoms with Gasteiger partial charge in [-0.25, -0.2) is 15.0 Å². The summed E-state index contributed by atoms with van der Waals surface area (Å²) in [6.07, 6.45) is 1.62. The fourth-order valence-electron chi connectivity index (χ4n) is 5.21. The number of aromatic nitrogens is 4. The third kappa shape index (κ3) is 6.40. The average molecular weight is 584 g/mol. The molecule has 218 valence electrons. The van der Waals surface area contributed by atoms with Crippen LogP contribution in [0.2, 0.25) is 0 Å². The molecule has 1 fully saturated rings. The highest BCUT2D eigenvalue weighted by Gasteiger charge is 2.31. The highest BCUT2D eigenvalue weighted by Crippen LogP contribution is 2.31. The first-order chi connectivity index (χ1) is 20.7. The molecule has 1 amide bonds. The minimum atomic E-state index is -4.46. The Morgan fingerprint density at radius 3 is 2.44 bits per heavy atom.